The fourth-order valence-electron chi connectivity index (χ4n) is 2.37. The van der Waals surface area contributed by atoms with Crippen LogP contribution < -0.4 is 5.32 Å². The van der Waals surface area contributed by atoms with Gasteiger partial charge in [-0.05, 0) is 31.0 Å². The Morgan fingerprint density at radius 1 is 1.20 bits per heavy atom. The van der Waals surface area contributed by atoms with Crippen molar-refractivity contribution in [2.24, 2.45) is 0 Å². The van der Waals surface area contributed by atoms with Crippen LogP contribution in [0, 0.1) is 0 Å². The highest BCUT2D eigenvalue weighted by Crippen LogP contribution is 2.38. The number of unbranched alkanes of at least 4 members (excludes halogenated alkanes) is 1. The lowest BCUT2D eigenvalue weighted by atomic mass is 10.0. The maximum Gasteiger partial charge on any atom is 0.0700 e. The van der Waals surface area contributed by atoms with Gasteiger partial charge in [0.25, 0.3) is 0 Å². The van der Waals surface area contributed by atoms with Crippen molar-refractivity contribution in [2.45, 2.75) is 23.7 Å². The maximum absolute atomic E-state index is 5.44. The van der Waals surface area contributed by atoms with Crippen LogP contribution >= 0.6 is 11.8 Å². The largest absolute Gasteiger partial charge is 0.382 e. The van der Waals surface area contributed by atoms with Crippen molar-refractivity contribution < 1.29 is 9.47 Å². The van der Waals surface area contributed by atoms with E-state index in [9.17, 15) is 0 Å². The zero-order valence-corrected chi connectivity index (χ0v) is 13.1. The standard InChI is InChI=1S/C16H25NO2S/c1-18-10-11-19-9-5-4-8-17-12-14-13-20-16-7-3-2-6-15(14)16/h2-3,6-7,14,17H,4-5,8-13H2,1H3. The van der Waals surface area contributed by atoms with Gasteiger partial charge in [-0.1, -0.05) is 18.2 Å². The fraction of sp³-hybridized carbons (Fsp3) is 0.625. The minimum absolute atomic E-state index is 0.675. The number of hydrogen-bond donors (Lipinski definition) is 1. The topological polar surface area (TPSA) is 30.5 Å². The summed E-state index contributed by atoms with van der Waals surface area (Å²) < 4.78 is 10.4. The highest BCUT2D eigenvalue weighted by molar-refractivity contribution is 7.99. The molecule has 2 rings (SSSR count). The Labute approximate surface area is 126 Å². The van der Waals surface area contributed by atoms with Gasteiger partial charge >= 0.3 is 0 Å². The zero-order chi connectivity index (χ0) is 14.0. The minimum atomic E-state index is 0.675. The predicted molar refractivity (Wildman–Crippen MR) is 84.7 cm³/mol. The molecule has 0 aliphatic carbocycles. The molecule has 1 unspecified atom stereocenters. The second-order valence-corrected chi connectivity index (χ2v) is 6.12. The third kappa shape index (κ3) is 5.09. The van der Waals surface area contributed by atoms with Gasteiger partial charge in [-0.3, -0.25) is 0 Å². The summed E-state index contributed by atoms with van der Waals surface area (Å²) in [6, 6.07) is 8.78. The third-order valence-electron chi connectivity index (χ3n) is 3.51. The van der Waals surface area contributed by atoms with Crippen LogP contribution in [0.25, 0.3) is 0 Å². The van der Waals surface area contributed by atoms with E-state index in [0.29, 0.717) is 19.1 Å². The number of hydrogen-bond acceptors (Lipinski definition) is 4. The van der Waals surface area contributed by atoms with E-state index in [1.54, 1.807) is 7.11 Å². The SMILES string of the molecule is COCCOCCCCNCC1CSc2ccccc21. The highest BCUT2D eigenvalue weighted by atomic mass is 32.2. The first-order valence-electron chi connectivity index (χ1n) is 7.41. The quantitative estimate of drug-likeness (QED) is 0.672. The molecule has 0 aromatic heterocycles. The van der Waals surface area contributed by atoms with E-state index in [-0.39, 0.29) is 0 Å². The Morgan fingerprint density at radius 2 is 2.10 bits per heavy atom. The minimum Gasteiger partial charge on any atom is -0.382 e. The molecule has 0 spiro atoms. The predicted octanol–water partition coefficient (Wildman–Crippen LogP) is 2.91. The summed E-state index contributed by atoms with van der Waals surface area (Å²) in [7, 11) is 1.70. The van der Waals surface area contributed by atoms with Crippen LogP contribution in [-0.4, -0.2) is 45.8 Å². The van der Waals surface area contributed by atoms with Gasteiger partial charge in [0.15, 0.2) is 0 Å². The van der Waals surface area contributed by atoms with Crippen molar-refractivity contribution in [3.05, 3.63) is 29.8 Å². The lowest BCUT2D eigenvalue weighted by Crippen LogP contribution is -2.23. The van der Waals surface area contributed by atoms with E-state index in [1.807, 2.05) is 11.8 Å². The van der Waals surface area contributed by atoms with Crippen LogP contribution in [0.15, 0.2) is 29.2 Å². The van der Waals surface area contributed by atoms with Crippen molar-refractivity contribution in [3.63, 3.8) is 0 Å². The summed E-state index contributed by atoms with van der Waals surface area (Å²) in [5.74, 6) is 1.89. The summed E-state index contributed by atoms with van der Waals surface area (Å²) in [5, 5.41) is 3.58. The molecule has 1 aliphatic rings. The molecular weight excluding hydrogens is 270 g/mol. The summed E-state index contributed by atoms with van der Waals surface area (Å²) >= 11 is 1.98. The van der Waals surface area contributed by atoms with Crippen molar-refractivity contribution in [1.29, 1.82) is 0 Å². The van der Waals surface area contributed by atoms with E-state index in [4.69, 9.17) is 9.47 Å². The first-order valence-corrected chi connectivity index (χ1v) is 8.39. The van der Waals surface area contributed by atoms with Gasteiger partial charge in [0.2, 0.25) is 0 Å². The lowest BCUT2D eigenvalue weighted by molar-refractivity contribution is 0.0688. The molecule has 1 aliphatic heterocycles. The van der Waals surface area contributed by atoms with Gasteiger partial charge < -0.3 is 14.8 Å². The number of nitrogens with one attached hydrogen (secondary N) is 1. The van der Waals surface area contributed by atoms with Crippen LogP contribution in [0.4, 0.5) is 0 Å². The molecule has 1 aromatic carbocycles. The van der Waals surface area contributed by atoms with E-state index < -0.39 is 0 Å². The van der Waals surface area contributed by atoms with Gasteiger partial charge in [0.05, 0.1) is 13.2 Å². The molecular formula is C16H25NO2S. The van der Waals surface area contributed by atoms with Crippen molar-refractivity contribution in [3.8, 4) is 0 Å². The van der Waals surface area contributed by atoms with Gasteiger partial charge in [-0.15, -0.1) is 11.8 Å². The fourth-order valence-corrected chi connectivity index (χ4v) is 3.63. The highest BCUT2D eigenvalue weighted by Gasteiger charge is 2.21. The number of benzene rings is 1. The normalized spacial score (nSPS) is 17.4. The van der Waals surface area contributed by atoms with Crippen molar-refractivity contribution >= 4 is 11.8 Å². The summed E-state index contributed by atoms with van der Waals surface area (Å²) in [4.78, 5) is 1.46. The van der Waals surface area contributed by atoms with Crippen LogP contribution in [0.5, 0.6) is 0 Å². The van der Waals surface area contributed by atoms with Crippen LogP contribution in [0.3, 0.4) is 0 Å². The molecule has 0 amide bonds. The van der Waals surface area contributed by atoms with Gasteiger partial charge in [0.1, 0.15) is 0 Å². The summed E-state index contributed by atoms with van der Waals surface area (Å²) in [6.07, 6.45) is 2.29. The van der Waals surface area contributed by atoms with Crippen molar-refractivity contribution in [2.75, 3.05) is 45.8 Å². The Hall–Kier alpha value is -0.550. The van der Waals surface area contributed by atoms with Crippen LogP contribution in [0.2, 0.25) is 0 Å². The molecule has 0 bridgehead atoms. The Balaban J connectivity index is 1.50. The first kappa shape index (κ1) is 15.8. The average molecular weight is 295 g/mol. The Bertz CT molecular complexity index is 386. The van der Waals surface area contributed by atoms with E-state index in [1.165, 1.54) is 22.6 Å². The molecule has 1 atom stereocenters. The third-order valence-corrected chi connectivity index (χ3v) is 4.77. The number of thioether (sulfide) groups is 1. The molecule has 0 saturated heterocycles. The molecule has 1 aromatic rings. The molecule has 1 N–H and O–H groups in total. The zero-order valence-electron chi connectivity index (χ0n) is 12.3. The van der Waals surface area contributed by atoms with E-state index >= 15 is 0 Å². The number of fused-ring (bicyclic) bond motifs is 1. The lowest BCUT2D eigenvalue weighted by Gasteiger charge is -2.12. The summed E-state index contributed by atoms with van der Waals surface area (Å²) in [5.41, 5.74) is 1.52. The second kappa shape index (κ2) is 9.40. The maximum atomic E-state index is 5.44. The van der Waals surface area contributed by atoms with E-state index in [2.05, 4.69) is 29.6 Å². The molecule has 0 saturated carbocycles. The molecule has 1 heterocycles. The average Bonchev–Trinajstić information content (AvgIpc) is 2.89. The smallest absolute Gasteiger partial charge is 0.0700 e. The summed E-state index contributed by atoms with van der Waals surface area (Å²) in [6.45, 7) is 4.41. The van der Waals surface area contributed by atoms with Gasteiger partial charge in [0, 0.05) is 36.8 Å². The molecule has 0 fully saturated rings. The van der Waals surface area contributed by atoms with Crippen molar-refractivity contribution in [1.82, 2.24) is 5.32 Å². The van der Waals surface area contributed by atoms with Gasteiger partial charge in [-0.2, -0.15) is 0 Å². The molecule has 3 nitrogen and oxygen atoms in total. The van der Waals surface area contributed by atoms with Crippen LogP contribution in [-0.2, 0) is 9.47 Å². The monoisotopic (exact) mass is 295 g/mol. The Morgan fingerprint density at radius 3 is 3.00 bits per heavy atom. The Kier molecular flexibility index (Phi) is 7.44. The van der Waals surface area contributed by atoms with Crippen LogP contribution in [0.1, 0.15) is 24.3 Å². The molecule has 112 valence electrons. The second-order valence-electron chi connectivity index (χ2n) is 5.06. The molecule has 4 heteroatoms. The first-order chi connectivity index (χ1) is 9.92. The van der Waals surface area contributed by atoms with E-state index in [0.717, 1.165) is 26.1 Å². The number of rotatable bonds is 10. The molecule has 20 heavy (non-hydrogen) atoms. The van der Waals surface area contributed by atoms with Gasteiger partial charge in [-0.25, -0.2) is 0 Å². The number of ether oxygens (including phenoxy) is 2. The number of methoxy groups -OCH3 is 1. The molecule has 0 radical (unpaired) electrons.